The Hall–Kier alpha value is -2.10. The number of nitrogens with one attached hydrogen (secondary N) is 1. The summed E-state index contributed by atoms with van der Waals surface area (Å²) >= 11 is 6.28. The number of hydrogen-bond donors (Lipinski definition) is 1. The topological polar surface area (TPSA) is 42.2 Å². The molecule has 1 N–H and O–H groups in total. The van der Waals surface area contributed by atoms with E-state index >= 15 is 0 Å². The van der Waals surface area contributed by atoms with Gasteiger partial charge in [0.25, 0.3) is 0 Å². The number of rotatable bonds is 4. The zero-order chi connectivity index (χ0) is 17.4. The first kappa shape index (κ1) is 16.4. The Labute approximate surface area is 151 Å². The summed E-state index contributed by atoms with van der Waals surface area (Å²) in [7, 11) is 0. The lowest BCUT2D eigenvalue weighted by atomic mass is 10.0. The molecule has 3 aromatic rings. The van der Waals surface area contributed by atoms with Gasteiger partial charge in [0, 0.05) is 29.1 Å². The van der Waals surface area contributed by atoms with Gasteiger partial charge >= 0.3 is 5.63 Å². The van der Waals surface area contributed by atoms with Gasteiger partial charge in [-0.25, -0.2) is 4.79 Å². The summed E-state index contributed by atoms with van der Waals surface area (Å²) < 4.78 is 5.43. The van der Waals surface area contributed by atoms with Crippen LogP contribution in [0.3, 0.4) is 0 Å². The van der Waals surface area contributed by atoms with Crippen molar-refractivity contribution in [3.05, 3.63) is 80.2 Å². The minimum atomic E-state index is -0.298. The number of halogens is 1. The molecule has 1 aromatic heterocycles. The van der Waals surface area contributed by atoms with Crippen LogP contribution in [-0.4, -0.2) is 0 Å². The second-order valence-corrected chi connectivity index (χ2v) is 7.09. The Morgan fingerprint density at radius 1 is 1.16 bits per heavy atom. The quantitative estimate of drug-likeness (QED) is 0.686. The molecule has 0 radical (unpaired) electrons. The lowest BCUT2D eigenvalue weighted by Gasteiger charge is -2.16. The van der Waals surface area contributed by atoms with Gasteiger partial charge in [0.05, 0.1) is 0 Å². The van der Waals surface area contributed by atoms with Crippen LogP contribution in [0, 0.1) is 0 Å². The molecule has 1 atom stereocenters. The van der Waals surface area contributed by atoms with Crippen LogP contribution in [0.1, 0.15) is 41.6 Å². The molecule has 1 unspecified atom stereocenters. The summed E-state index contributed by atoms with van der Waals surface area (Å²) in [6.45, 7) is 2.67. The molecule has 1 aliphatic carbocycles. The van der Waals surface area contributed by atoms with E-state index in [1.165, 1.54) is 17.5 Å². The van der Waals surface area contributed by atoms with Crippen molar-refractivity contribution in [2.24, 2.45) is 0 Å². The SMILES string of the molecule is CC(NCc1cc(=O)oc2cc3c(cc12)CCC3)c1ccccc1Cl. The highest BCUT2D eigenvalue weighted by Crippen LogP contribution is 2.29. The number of fused-ring (bicyclic) bond motifs is 2. The van der Waals surface area contributed by atoms with E-state index in [-0.39, 0.29) is 11.7 Å². The fourth-order valence-electron chi connectivity index (χ4n) is 3.64. The highest BCUT2D eigenvalue weighted by atomic mass is 35.5. The lowest BCUT2D eigenvalue weighted by molar-refractivity contribution is 0.547. The van der Waals surface area contributed by atoms with E-state index in [0.29, 0.717) is 12.1 Å². The van der Waals surface area contributed by atoms with Crippen LogP contribution in [0.15, 0.2) is 51.7 Å². The normalized spacial score (nSPS) is 14.6. The Morgan fingerprint density at radius 3 is 2.72 bits per heavy atom. The van der Waals surface area contributed by atoms with E-state index < -0.39 is 0 Å². The minimum absolute atomic E-state index is 0.0884. The average molecular weight is 354 g/mol. The molecule has 3 nitrogen and oxygen atoms in total. The second kappa shape index (κ2) is 6.66. The summed E-state index contributed by atoms with van der Waals surface area (Å²) in [5, 5.41) is 5.25. The van der Waals surface area contributed by atoms with Crippen molar-refractivity contribution < 1.29 is 4.42 Å². The summed E-state index contributed by atoms with van der Waals surface area (Å²) in [5.41, 5.74) is 5.10. The van der Waals surface area contributed by atoms with Crippen LogP contribution >= 0.6 is 11.6 Å². The van der Waals surface area contributed by atoms with Crippen molar-refractivity contribution in [3.63, 3.8) is 0 Å². The third-order valence-corrected chi connectivity index (χ3v) is 5.36. The van der Waals surface area contributed by atoms with Crippen molar-refractivity contribution in [2.45, 2.75) is 38.8 Å². The maximum atomic E-state index is 12.0. The van der Waals surface area contributed by atoms with Gasteiger partial charge in [-0.3, -0.25) is 0 Å². The molecule has 1 heterocycles. The maximum absolute atomic E-state index is 12.0. The molecule has 4 rings (SSSR count). The zero-order valence-electron chi connectivity index (χ0n) is 14.1. The summed E-state index contributed by atoms with van der Waals surface area (Å²) in [6.07, 6.45) is 3.35. The van der Waals surface area contributed by atoms with Crippen molar-refractivity contribution in [1.29, 1.82) is 0 Å². The van der Waals surface area contributed by atoms with Crippen LogP contribution in [0.5, 0.6) is 0 Å². The van der Waals surface area contributed by atoms with E-state index in [1.807, 2.05) is 30.3 Å². The molecule has 0 fully saturated rings. The van der Waals surface area contributed by atoms with Gasteiger partial charge in [0.1, 0.15) is 5.58 Å². The van der Waals surface area contributed by atoms with Gasteiger partial charge < -0.3 is 9.73 Å². The molecular formula is C21H20ClNO2. The molecule has 25 heavy (non-hydrogen) atoms. The van der Waals surface area contributed by atoms with Crippen molar-refractivity contribution >= 4 is 22.6 Å². The first-order valence-corrected chi connectivity index (χ1v) is 9.06. The molecule has 0 saturated heterocycles. The zero-order valence-corrected chi connectivity index (χ0v) is 14.9. The first-order chi connectivity index (χ1) is 12.1. The Balaban J connectivity index is 1.65. The standard InChI is InChI=1S/C21H20ClNO2/c1-13(17-7-2-3-8-19(17)22)23-12-16-11-21(24)25-20-10-15-6-4-5-14(15)9-18(16)20/h2-3,7-11,13,23H,4-6,12H2,1H3. The highest BCUT2D eigenvalue weighted by Gasteiger charge is 2.16. The van der Waals surface area contributed by atoms with Crippen molar-refractivity contribution in [2.75, 3.05) is 0 Å². The number of benzene rings is 2. The molecule has 0 saturated carbocycles. The van der Waals surface area contributed by atoms with Gasteiger partial charge in [-0.05, 0) is 66.6 Å². The van der Waals surface area contributed by atoms with Gasteiger partial charge in [-0.2, -0.15) is 0 Å². The van der Waals surface area contributed by atoms with Gasteiger partial charge in [0.15, 0.2) is 0 Å². The van der Waals surface area contributed by atoms with Crippen LogP contribution in [0.2, 0.25) is 5.02 Å². The van der Waals surface area contributed by atoms with Crippen LogP contribution in [0.25, 0.3) is 11.0 Å². The molecule has 2 aromatic carbocycles. The molecule has 4 heteroatoms. The van der Waals surface area contributed by atoms with Gasteiger partial charge in [0.2, 0.25) is 0 Å². The fourth-order valence-corrected chi connectivity index (χ4v) is 3.94. The maximum Gasteiger partial charge on any atom is 0.336 e. The first-order valence-electron chi connectivity index (χ1n) is 8.68. The number of hydrogen-bond acceptors (Lipinski definition) is 3. The monoisotopic (exact) mass is 353 g/mol. The predicted molar refractivity (Wildman–Crippen MR) is 101 cm³/mol. The average Bonchev–Trinajstić information content (AvgIpc) is 3.05. The van der Waals surface area contributed by atoms with Gasteiger partial charge in [-0.15, -0.1) is 0 Å². The van der Waals surface area contributed by atoms with Crippen molar-refractivity contribution in [3.8, 4) is 0 Å². The third kappa shape index (κ3) is 3.22. The smallest absolute Gasteiger partial charge is 0.336 e. The van der Waals surface area contributed by atoms with Crippen molar-refractivity contribution in [1.82, 2.24) is 5.32 Å². The highest BCUT2D eigenvalue weighted by molar-refractivity contribution is 6.31. The molecule has 0 amide bonds. The summed E-state index contributed by atoms with van der Waals surface area (Å²) in [5.74, 6) is 0. The Morgan fingerprint density at radius 2 is 1.92 bits per heavy atom. The van der Waals surface area contributed by atoms with E-state index in [2.05, 4.69) is 18.3 Å². The lowest BCUT2D eigenvalue weighted by Crippen LogP contribution is -2.19. The third-order valence-electron chi connectivity index (χ3n) is 5.01. The largest absolute Gasteiger partial charge is 0.423 e. The molecular weight excluding hydrogens is 334 g/mol. The minimum Gasteiger partial charge on any atom is -0.423 e. The molecule has 1 aliphatic rings. The predicted octanol–water partition coefficient (Wildman–Crippen LogP) is 4.79. The summed E-state index contributed by atoms with van der Waals surface area (Å²) in [4.78, 5) is 12.0. The molecule has 0 bridgehead atoms. The Bertz CT molecular complexity index is 993. The van der Waals surface area contributed by atoms with E-state index in [1.54, 1.807) is 6.07 Å². The van der Waals surface area contributed by atoms with Crippen LogP contribution in [-0.2, 0) is 19.4 Å². The van der Waals surface area contributed by atoms with E-state index in [9.17, 15) is 4.79 Å². The summed E-state index contributed by atoms with van der Waals surface area (Å²) in [6, 6.07) is 13.7. The second-order valence-electron chi connectivity index (χ2n) is 6.69. The molecule has 0 spiro atoms. The molecule has 0 aliphatic heterocycles. The van der Waals surface area contributed by atoms with E-state index in [4.69, 9.17) is 16.0 Å². The van der Waals surface area contributed by atoms with Crippen LogP contribution in [0.4, 0.5) is 0 Å². The van der Waals surface area contributed by atoms with Crippen LogP contribution < -0.4 is 10.9 Å². The number of aryl methyl sites for hydroxylation is 2. The molecule has 128 valence electrons. The Kier molecular flexibility index (Phi) is 4.36. The van der Waals surface area contributed by atoms with E-state index in [0.717, 1.165) is 34.4 Å². The fraction of sp³-hybridized carbons (Fsp3) is 0.286. The van der Waals surface area contributed by atoms with Gasteiger partial charge in [-0.1, -0.05) is 29.8 Å².